The zero-order chi connectivity index (χ0) is 25.0. The maximum absolute atomic E-state index is 13.4. The molecular formula is C23H20N6O4S2. The molecule has 0 bridgehead atoms. The summed E-state index contributed by atoms with van der Waals surface area (Å²) in [6.07, 6.45) is 0. The van der Waals surface area contributed by atoms with Crippen molar-refractivity contribution in [1.82, 2.24) is 14.5 Å². The minimum absolute atomic E-state index is 0.0195. The minimum Gasteiger partial charge on any atom is -0.331 e. The molecule has 4 rings (SSSR count). The van der Waals surface area contributed by atoms with Gasteiger partial charge in [0.2, 0.25) is 5.91 Å². The number of hydrazine groups is 1. The topological polar surface area (TPSA) is 125 Å². The van der Waals surface area contributed by atoms with Crippen molar-refractivity contribution in [3.8, 4) is 0 Å². The molecule has 4 aromatic rings. The third-order valence-electron chi connectivity index (χ3n) is 4.78. The van der Waals surface area contributed by atoms with Crippen molar-refractivity contribution in [3.05, 3.63) is 95.3 Å². The number of rotatable bonds is 6. The summed E-state index contributed by atoms with van der Waals surface area (Å²) in [6, 6.07) is 23.0. The molecule has 0 unspecified atom stereocenters. The molecule has 35 heavy (non-hydrogen) atoms. The number of hydrogen-bond acceptors (Lipinski definition) is 6. The molecule has 0 radical (unpaired) electrons. The van der Waals surface area contributed by atoms with Crippen LogP contribution < -0.4 is 26.1 Å². The maximum atomic E-state index is 13.4. The smallest absolute Gasteiger partial charge is 0.281 e. The first kappa shape index (κ1) is 24.0. The predicted octanol–water partition coefficient (Wildman–Crippen LogP) is 2.58. The highest BCUT2D eigenvalue weighted by atomic mass is 32.2. The van der Waals surface area contributed by atoms with Gasteiger partial charge in [-0.1, -0.05) is 48.5 Å². The Hall–Kier alpha value is -4.13. The van der Waals surface area contributed by atoms with Gasteiger partial charge in [-0.25, -0.2) is 13.4 Å². The van der Waals surface area contributed by atoms with Gasteiger partial charge >= 0.3 is 0 Å². The lowest BCUT2D eigenvalue weighted by Gasteiger charge is -2.24. The lowest BCUT2D eigenvalue weighted by Crippen LogP contribution is -2.50. The van der Waals surface area contributed by atoms with Crippen LogP contribution in [0.15, 0.2) is 94.6 Å². The van der Waals surface area contributed by atoms with Gasteiger partial charge in [-0.3, -0.25) is 15.0 Å². The highest BCUT2D eigenvalue weighted by Gasteiger charge is 2.27. The summed E-state index contributed by atoms with van der Waals surface area (Å²) in [5.41, 5.74) is 3.04. The molecule has 0 spiro atoms. The first-order valence-corrected chi connectivity index (χ1v) is 12.2. The van der Waals surface area contributed by atoms with E-state index in [1.165, 1.54) is 12.1 Å². The number of para-hydroxylation sites is 2. The Balaban J connectivity index is 1.80. The lowest BCUT2D eigenvalue weighted by atomic mass is 10.2. The van der Waals surface area contributed by atoms with Crippen LogP contribution in [0.1, 0.15) is 6.92 Å². The molecule has 0 saturated heterocycles. The van der Waals surface area contributed by atoms with Gasteiger partial charge in [-0.2, -0.15) is 9.69 Å². The number of sulfonamides is 1. The summed E-state index contributed by atoms with van der Waals surface area (Å²) in [7, 11) is -4.19. The van der Waals surface area contributed by atoms with Crippen LogP contribution in [0.5, 0.6) is 0 Å². The fraction of sp³-hybridized carbons (Fsp3) is 0.0435. The molecule has 12 heteroatoms. The van der Waals surface area contributed by atoms with Crippen LogP contribution in [0.4, 0.5) is 11.6 Å². The monoisotopic (exact) mass is 508 g/mol. The molecular weight excluding hydrogens is 488 g/mol. The first-order valence-electron chi connectivity index (χ1n) is 10.3. The Morgan fingerprint density at radius 3 is 2.20 bits per heavy atom. The van der Waals surface area contributed by atoms with Gasteiger partial charge in [0, 0.05) is 12.6 Å². The molecule has 0 aliphatic rings. The standard InChI is InChI=1S/C23H20N6O4S2/c1-16(30)28(27-35(32,33)18-12-6-3-7-13-18)23-25-20-15-9-8-14-19(20)21(31)29(23)26-22(34)24-17-10-4-2-5-11-17/h2-15,27H,1H3,(H2,24,26,34). The fourth-order valence-corrected chi connectivity index (χ4v) is 4.45. The number of aromatic nitrogens is 2. The molecule has 1 heterocycles. The van der Waals surface area contributed by atoms with Gasteiger partial charge in [0.1, 0.15) is 0 Å². The van der Waals surface area contributed by atoms with Gasteiger partial charge in [-0.15, -0.1) is 4.83 Å². The zero-order valence-electron chi connectivity index (χ0n) is 18.4. The molecule has 1 amide bonds. The highest BCUT2D eigenvalue weighted by Crippen LogP contribution is 2.16. The van der Waals surface area contributed by atoms with Crippen LogP contribution in [0, 0.1) is 0 Å². The van der Waals surface area contributed by atoms with E-state index in [9.17, 15) is 18.0 Å². The van der Waals surface area contributed by atoms with E-state index in [0.717, 1.165) is 11.6 Å². The third kappa shape index (κ3) is 5.35. The van der Waals surface area contributed by atoms with Gasteiger partial charge in [0.05, 0.1) is 15.8 Å². The normalized spacial score (nSPS) is 11.1. The van der Waals surface area contributed by atoms with E-state index in [-0.39, 0.29) is 26.9 Å². The summed E-state index contributed by atoms with van der Waals surface area (Å²) in [5, 5.41) is 3.86. The Morgan fingerprint density at radius 1 is 0.943 bits per heavy atom. The third-order valence-corrected chi connectivity index (χ3v) is 6.29. The highest BCUT2D eigenvalue weighted by molar-refractivity contribution is 7.89. The Kier molecular flexibility index (Phi) is 6.87. The van der Waals surface area contributed by atoms with Crippen LogP contribution in [-0.4, -0.2) is 29.1 Å². The second kappa shape index (κ2) is 10.0. The quantitative estimate of drug-likeness (QED) is 0.268. The SMILES string of the molecule is CC(=O)N(NS(=O)(=O)c1ccccc1)c1nc2ccccc2c(=O)n1NC(=S)Nc1ccccc1. The van der Waals surface area contributed by atoms with Crippen LogP contribution in [0.2, 0.25) is 0 Å². The van der Waals surface area contributed by atoms with Crippen molar-refractivity contribution >= 4 is 55.8 Å². The van der Waals surface area contributed by atoms with Crippen LogP contribution in [0.25, 0.3) is 10.9 Å². The molecule has 0 aliphatic carbocycles. The van der Waals surface area contributed by atoms with Crippen molar-refractivity contribution in [1.29, 1.82) is 0 Å². The molecule has 0 atom stereocenters. The number of nitrogens with zero attached hydrogens (tertiary/aromatic N) is 3. The summed E-state index contributed by atoms with van der Waals surface area (Å²) in [4.78, 5) is 32.5. The molecule has 0 saturated carbocycles. The molecule has 0 aliphatic heterocycles. The molecule has 0 fully saturated rings. The summed E-state index contributed by atoms with van der Waals surface area (Å²) < 4.78 is 26.8. The van der Waals surface area contributed by atoms with Crippen LogP contribution in [-0.2, 0) is 14.8 Å². The van der Waals surface area contributed by atoms with Gasteiger partial charge in [0.15, 0.2) is 5.11 Å². The number of carbonyl (C=O) groups excluding carboxylic acids is 1. The van der Waals surface area contributed by atoms with Crippen molar-refractivity contribution < 1.29 is 13.2 Å². The largest absolute Gasteiger partial charge is 0.331 e. The lowest BCUT2D eigenvalue weighted by molar-refractivity contribution is -0.117. The van der Waals surface area contributed by atoms with Crippen LogP contribution >= 0.6 is 12.2 Å². The van der Waals surface area contributed by atoms with E-state index in [1.807, 2.05) is 6.07 Å². The van der Waals surface area contributed by atoms with Crippen molar-refractivity contribution in [3.63, 3.8) is 0 Å². The predicted molar refractivity (Wildman–Crippen MR) is 138 cm³/mol. The van der Waals surface area contributed by atoms with Crippen molar-refractivity contribution in [2.24, 2.45) is 0 Å². The molecule has 1 aromatic heterocycles. The number of anilines is 2. The van der Waals surface area contributed by atoms with E-state index >= 15 is 0 Å². The van der Waals surface area contributed by atoms with Gasteiger partial charge < -0.3 is 5.32 Å². The van der Waals surface area contributed by atoms with E-state index in [1.54, 1.807) is 66.7 Å². The van der Waals surface area contributed by atoms with E-state index in [4.69, 9.17) is 12.2 Å². The van der Waals surface area contributed by atoms with Crippen molar-refractivity contribution in [2.75, 3.05) is 15.8 Å². The fourth-order valence-electron chi connectivity index (χ4n) is 3.17. The van der Waals surface area contributed by atoms with E-state index in [0.29, 0.717) is 10.7 Å². The summed E-state index contributed by atoms with van der Waals surface area (Å²) in [6.45, 7) is 1.14. The second-order valence-corrected chi connectivity index (χ2v) is 9.33. The Morgan fingerprint density at radius 2 is 1.54 bits per heavy atom. The molecule has 10 nitrogen and oxygen atoms in total. The summed E-state index contributed by atoms with van der Waals surface area (Å²) in [5.74, 6) is -1.05. The van der Waals surface area contributed by atoms with Gasteiger partial charge in [-0.05, 0) is 48.6 Å². The minimum atomic E-state index is -4.19. The number of amides is 1. The number of fused-ring (bicyclic) bond motifs is 1. The number of nitrogens with one attached hydrogen (secondary N) is 3. The number of carbonyl (C=O) groups is 1. The molecule has 3 N–H and O–H groups in total. The first-order chi connectivity index (χ1) is 16.8. The van der Waals surface area contributed by atoms with Gasteiger partial charge in [0.25, 0.3) is 21.5 Å². The molecule has 3 aromatic carbocycles. The van der Waals surface area contributed by atoms with Crippen LogP contribution in [0.3, 0.4) is 0 Å². The number of thiocarbonyl (C=S) groups is 1. The van der Waals surface area contributed by atoms with E-state index < -0.39 is 21.5 Å². The summed E-state index contributed by atoms with van der Waals surface area (Å²) >= 11 is 5.35. The number of hydrogen-bond donors (Lipinski definition) is 3. The Bertz CT molecular complexity index is 1560. The average molecular weight is 509 g/mol. The second-order valence-electron chi connectivity index (χ2n) is 7.26. The Labute approximate surface area is 206 Å². The average Bonchev–Trinajstić information content (AvgIpc) is 2.85. The maximum Gasteiger partial charge on any atom is 0.281 e. The van der Waals surface area contributed by atoms with E-state index in [2.05, 4.69) is 20.6 Å². The number of benzene rings is 3. The molecule has 178 valence electrons. The zero-order valence-corrected chi connectivity index (χ0v) is 20.0. The van der Waals surface area contributed by atoms with Crippen molar-refractivity contribution in [2.45, 2.75) is 11.8 Å².